The molecule has 76 heavy (non-hydrogen) atoms. The highest BCUT2D eigenvalue weighted by atomic mass is 14.9. The van der Waals surface area contributed by atoms with Crippen molar-refractivity contribution in [3.05, 3.63) is 271 Å². The lowest BCUT2D eigenvalue weighted by atomic mass is 9.86. The van der Waals surface area contributed by atoms with Crippen molar-refractivity contribution >= 4 is 86.7 Å². The molecule has 2 aliphatic rings. The van der Waals surface area contributed by atoms with Crippen molar-refractivity contribution in [3.63, 3.8) is 0 Å². The van der Waals surface area contributed by atoms with Gasteiger partial charge in [-0.25, -0.2) is 0 Å². The van der Waals surface area contributed by atoms with Gasteiger partial charge in [-0.1, -0.05) is 193 Å². The number of hydrogen-bond donors (Lipinski definition) is 0. The van der Waals surface area contributed by atoms with Crippen molar-refractivity contribution in [1.82, 2.24) is 9.13 Å². The molecule has 0 fully saturated rings. The fraction of sp³-hybridized carbons (Fsp3) is 0.0541. The predicted octanol–water partition coefficient (Wildman–Crippen LogP) is 18.6. The van der Waals surface area contributed by atoms with Crippen LogP contribution in [0, 0.1) is 55.6 Å². The van der Waals surface area contributed by atoms with E-state index >= 15 is 0 Å². The fourth-order valence-corrected chi connectivity index (χ4v) is 14.5. The molecule has 354 valence electrons. The van der Waals surface area contributed by atoms with E-state index in [1.54, 1.807) is 0 Å². The average molecular weight is 965 g/mol. The van der Waals surface area contributed by atoms with E-state index in [-0.39, 0.29) is 0 Å². The number of nitrogens with zero attached hydrogens (tertiary/aromatic N) is 2. The van der Waals surface area contributed by atoms with Gasteiger partial charge >= 0.3 is 0 Å². The number of para-hydroxylation sites is 2. The quantitative estimate of drug-likeness (QED) is 0.156. The first-order valence-corrected chi connectivity index (χ1v) is 26.7. The molecule has 0 amide bonds. The second-order valence-electron chi connectivity index (χ2n) is 21.7. The maximum Gasteiger partial charge on any atom is 0.0494 e. The van der Waals surface area contributed by atoms with Gasteiger partial charge in [0.1, 0.15) is 0 Å². The average Bonchev–Trinajstić information content (AvgIpc) is 4.05. The van der Waals surface area contributed by atoms with Crippen LogP contribution in [-0.4, -0.2) is 9.13 Å². The molecule has 2 heterocycles. The second-order valence-corrected chi connectivity index (χ2v) is 21.7. The van der Waals surface area contributed by atoms with Gasteiger partial charge in [0.2, 0.25) is 0 Å². The molecule has 0 spiro atoms. The number of rotatable bonds is 4. The lowest BCUT2D eigenvalue weighted by molar-refractivity contribution is 1.01. The maximum absolute atomic E-state index is 2.49. The molecule has 0 N–H and O–H groups in total. The molecule has 0 bridgehead atoms. The van der Waals surface area contributed by atoms with Crippen LogP contribution >= 0.6 is 0 Å². The molecule has 0 radical (unpaired) electrons. The summed E-state index contributed by atoms with van der Waals surface area (Å²) in [6.45, 7) is 4.45. The molecule has 2 heteroatoms. The van der Waals surface area contributed by atoms with E-state index in [1.165, 1.54) is 184 Å². The van der Waals surface area contributed by atoms with E-state index < -0.39 is 0 Å². The molecule has 2 aliphatic carbocycles. The van der Waals surface area contributed by atoms with Crippen LogP contribution < -0.4 is 0 Å². The van der Waals surface area contributed by atoms with Gasteiger partial charge in [-0.3, -0.25) is 0 Å². The number of benzene rings is 13. The number of fused-ring (bicyclic) bond motifs is 11. The molecule has 0 atom stereocenters. The van der Waals surface area contributed by atoms with E-state index in [0.29, 0.717) is 0 Å². The highest BCUT2D eigenvalue weighted by molar-refractivity contribution is 6.15. The summed E-state index contributed by atoms with van der Waals surface area (Å²) < 4.78 is 4.75. The van der Waals surface area contributed by atoms with Crippen molar-refractivity contribution in [3.8, 4) is 44.5 Å². The van der Waals surface area contributed by atoms with Crippen molar-refractivity contribution < 1.29 is 0 Å². The molecule has 0 aliphatic heterocycles. The Bertz CT molecular complexity index is 5300. The second kappa shape index (κ2) is 15.1. The van der Waals surface area contributed by atoms with Crippen molar-refractivity contribution in [2.45, 2.75) is 13.8 Å². The third-order valence-electron chi connectivity index (χ3n) is 17.6. The summed E-state index contributed by atoms with van der Waals surface area (Å²) in [5.74, 6) is 0. The van der Waals surface area contributed by atoms with Gasteiger partial charge in [0.15, 0.2) is 0 Å². The molecule has 2 aromatic heterocycles. The minimum absolute atomic E-state index is 1.23. The van der Waals surface area contributed by atoms with E-state index in [1.807, 2.05) is 0 Å². The molecule has 15 aromatic rings. The first kappa shape index (κ1) is 41.9. The Hall–Kier alpha value is -9.50. The van der Waals surface area contributed by atoms with Gasteiger partial charge in [-0.2, -0.15) is 0 Å². The molecule has 0 saturated heterocycles. The van der Waals surface area contributed by atoms with Gasteiger partial charge in [-0.05, 0) is 180 Å². The zero-order valence-corrected chi connectivity index (χ0v) is 42.7. The van der Waals surface area contributed by atoms with Crippen LogP contribution in [0.1, 0.15) is 11.1 Å². The Morgan fingerprint density at radius 1 is 0.250 bits per heavy atom. The summed E-state index contributed by atoms with van der Waals surface area (Å²) in [6.07, 6.45) is 0. The summed E-state index contributed by atoms with van der Waals surface area (Å²) in [5.41, 5.74) is 17.6. The summed E-state index contributed by atoms with van der Waals surface area (Å²) in [7, 11) is 4.44. The van der Waals surface area contributed by atoms with Gasteiger partial charge in [0.25, 0.3) is 0 Å². The molecule has 17 rings (SSSR count). The van der Waals surface area contributed by atoms with Crippen LogP contribution in [0.15, 0.2) is 218 Å². The largest absolute Gasteiger partial charge is 0.344 e. The number of hydrogen-bond acceptors (Lipinski definition) is 0. The molecular formula is C74H48N2. The Morgan fingerprint density at radius 3 is 1.00 bits per heavy atom. The third-order valence-corrected chi connectivity index (χ3v) is 17.6. The van der Waals surface area contributed by atoms with Crippen molar-refractivity contribution in [2.24, 2.45) is 14.1 Å². The smallest absolute Gasteiger partial charge is 0.0494 e. The van der Waals surface area contributed by atoms with Crippen LogP contribution in [0.2, 0.25) is 0 Å². The molecular weight excluding hydrogens is 917 g/mol. The van der Waals surface area contributed by atoms with E-state index in [0.717, 1.165) is 0 Å². The summed E-state index contributed by atoms with van der Waals surface area (Å²) in [6, 6.07) is 83.5. The topological polar surface area (TPSA) is 9.86 Å². The highest BCUT2D eigenvalue weighted by Crippen LogP contribution is 2.48. The third kappa shape index (κ3) is 5.45. The first-order valence-electron chi connectivity index (χ1n) is 26.7. The Kier molecular flexibility index (Phi) is 8.31. The summed E-state index contributed by atoms with van der Waals surface area (Å²) >= 11 is 0. The molecule has 2 nitrogen and oxygen atoms in total. The van der Waals surface area contributed by atoms with Crippen LogP contribution in [0.3, 0.4) is 0 Å². The summed E-state index contributed by atoms with van der Waals surface area (Å²) in [4.78, 5) is 0. The van der Waals surface area contributed by atoms with Crippen molar-refractivity contribution in [2.75, 3.05) is 0 Å². The van der Waals surface area contributed by atoms with Gasteiger partial charge in [-0.15, -0.1) is 0 Å². The van der Waals surface area contributed by atoms with Crippen molar-refractivity contribution in [1.29, 1.82) is 0 Å². The van der Waals surface area contributed by atoms with Crippen LogP contribution in [-0.2, 0) is 14.1 Å². The van der Waals surface area contributed by atoms with Crippen LogP contribution in [0.25, 0.3) is 131 Å². The van der Waals surface area contributed by atoms with E-state index in [4.69, 9.17) is 0 Å². The van der Waals surface area contributed by atoms with Gasteiger partial charge in [0.05, 0.1) is 0 Å². The van der Waals surface area contributed by atoms with Crippen LogP contribution in [0.4, 0.5) is 0 Å². The maximum atomic E-state index is 2.49. The minimum Gasteiger partial charge on any atom is -0.344 e. The molecule has 0 saturated carbocycles. The fourth-order valence-electron chi connectivity index (χ4n) is 14.5. The first-order chi connectivity index (χ1) is 37.4. The number of aromatic nitrogens is 2. The monoisotopic (exact) mass is 964 g/mol. The number of aryl methyl sites for hydroxylation is 4. The zero-order chi connectivity index (χ0) is 50.2. The zero-order valence-electron chi connectivity index (χ0n) is 42.7. The standard InChI is InChI=1S/C74H48N2/c1-41-15-13-19-45(35-41)67-59-37-43-17-5-6-18-44(43)38-60(59)68(46-20-14-16-42(2)36-46)74-58-34-32-56-69-55(31-33-57(70(58)69)73(67)74)71-65(47-27-29-51-49-21-9-11-25-61(49)75(3)63(51)39-47)53-23-7-8-24-54(53)66(72(56)71)48-28-30-52-50-22-10-12-26-62(50)76(4)64(52)40-48/h5-40H,1-4H3. The Morgan fingerprint density at radius 2 is 0.592 bits per heavy atom. The predicted molar refractivity (Wildman–Crippen MR) is 319 cm³/mol. The van der Waals surface area contributed by atoms with Crippen LogP contribution in [0.5, 0.6) is 0 Å². The minimum atomic E-state index is 1.23. The molecule has 13 aromatic carbocycles. The van der Waals surface area contributed by atoms with Gasteiger partial charge < -0.3 is 9.13 Å². The molecule has 0 unspecified atom stereocenters. The Balaban J connectivity index is 1.13. The lowest BCUT2D eigenvalue weighted by Gasteiger charge is -2.17. The van der Waals surface area contributed by atoms with E-state index in [9.17, 15) is 0 Å². The SMILES string of the molecule is Cc1cccc(-c2c3c(c(-c4cccc(C)c4)c4cc5ccccc5cc24)=c2ccc4c5c(ccc=3c25)=c2c(-c3ccc5c6ccccc6n(C)c5c3)c3ccccc3c(-c3ccc5c6ccccc6n(C)c5c3)c2=4)c1. The van der Waals surface area contributed by atoms with Gasteiger partial charge in [0, 0.05) is 57.7 Å². The Labute approximate surface area is 437 Å². The van der Waals surface area contributed by atoms with E-state index in [2.05, 4.69) is 255 Å². The highest BCUT2D eigenvalue weighted by Gasteiger charge is 2.26. The lowest BCUT2D eigenvalue weighted by Crippen LogP contribution is -1.94. The summed E-state index contributed by atoms with van der Waals surface area (Å²) in [5, 5.41) is 25.9. The normalized spacial score (nSPS) is 12.5.